The monoisotopic (exact) mass is 488 g/mol. The van der Waals surface area contributed by atoms with E-state index in [-0.39, 0.29) is 36.1 Å². The van der Waals surface area contributed by atoms with Crippen LogP contribution in [-0.4, -0.2) is 56.4 Å². The van der Waals surface area contributed by atoms with Gasteiger partial charge in [0, 0.05) is 19.5 Å². The lowest BCUT2D eigenvalue weighted by atomic mass is 10.1. The fourth-order valence-corrected chi connectivity index (χ4v) is 4.20. The van der Waals surface area contributed by atoms with Crippen molar-refractivity contribution in [2.45, 2.75) is 12.8 Å². The van der Waals surface area contributed by atoms with Gasteiger partial charge < -0.3 is 19.5 Å². The molecule has 10 heteroatoms. The van der Waals surface area contributed by atoms with Crippen LogP contribution in [-0.2, 0) is 16.0 Å². The van der Waals surface area contributed by atoms with Gasteiger partial charge in [-0.15, -0.1) is 0 Å². The first-order valence-electron chi connectivity index (χ1n) is 10.4. The van der Waals surface area contributed by atoms with Crippen LogP contribution in [0.25, 0.3) is 6.08 Å². The Labute approximate surface area is 201 Å². The number of thioether (sulfide) groups is 1. The van der Waals surface area contributed by atoms with Gasteiger partial charge in [-0.25, -0.2) is 4.39 Å². The first-order chi connectivity index (χ1) is 16.4. The predicted molar refractivity (Wildman–Crippen MR) is 127 cm³/mol. The molecular weight excluding hydrogens is 463 g/mol. The van der Waals surface area contributed by atoms with Gasteiger partial charge in [0.15, 0.2) is 11.5 Å². The standard InChI is InChI=1S/C24H25FN2O6S/c1-31-18-12-16(13-19(32-2)22(18)33-3)14-20-23(29)27(24(30)34-20)11-10-26-21(28)9-6-15-4-7-17(25)8-5-15/h4-5,7-8,12-14H,6,9-11H2,1-3H3,(H,26,28)/b20-14-. The van der Waals surface area contributed by atoms with Gasteiger partial charge in [0.25, 0.3) is 11.1 Å². The number of methoxy groups -OCH3 is 3. The minimum atomic E-state index is -0.440. The Balaban J connectivity index is 1.57. The molecule has 3 amide bonds. The van der Waals surface area contributed by atoms with E-state index in [1.807, 2.05) is 0 Å². The van der Waals surface area contributed by atoms with Crippen molar-refractivity contribution in [3.63, 3.8) is 0 Å². The number of ether oxygens (including phenoxy) is 3. The third kappa shape index (κ3) is 6.07. The molecule has 1 saturated heterocycles. The van der Waals surface area contributed by atoms with Gasteiger partial charge in [-0.2, -0.15) is 0 Å². The second kappa shape index (κ2) is 11.6. The third-order valence-electron chi connectivity index (χ3n) is 5.07. The molecule has 1 aliphatic rings. The minimum Gasteiger partial charge on any atom is -0.493 e. The van der Waals surface area contributed by atoms with Crippen molar-refractivity contribution in [1.82, 2.24) is 10.2 Å². The largest absolute Gasteiger partial charge is 0.493 e. The number of nitrogens with zero attached hydrogens (tertiary/aromatic N) is 1. The number of halogens is 1. The number of imide groups is 1. The van der Waals surface area contributed by atoms with Crippen molar-refractivity contribution in [2.75, 3.05) is 34.4 Å². The molecule has 34 heavy (non-hydrogen) atoms. The van der Waals surface area contributed by atoms with Gasteiger partial charge in [0.2, 0.25) is 11.7 Å². The molecule has 0 aliphatic carbocycles. The second-order valence-electron chi connectivity index (χ2n) is 7.27. The quantitative estimate of drug-likeness (QED) is 0.511. The zero-order valence-electron chi connectivity index (χ0n) is 19.1. The second-order valence-corrected chi connectivity index (χ2v) is 8.26. The molecule has 3 rings (SSSR count). The van der Waals surface area contributed by atoms with Crippen molar-refractivity contribution >= 4 is 34.9 Å². The highest BCUT2D eigenvalue weighted by Gasteiger charge is 2.34. The molecule has 0 unspecified atom stereocenters. The minimum absolute atomic E-state index is 0.0551. The Morgan fingerprint density at radius 1 is 1.06 bits per heavy atom. The van der Waals surface area contributed by atoms with Crippen molar-refractivity contribution in [3.05, 3.63) is 58.2 Å². The Morgan fingerprint density at radius 2 is 1.71 bits per heavy atom. The molecule has 0 bridgehead atoms. The number of rotatable bonds is 10. The number of hydrogen-bond acceptors (Lipinski definition) is 7. The van der Waals surface area contributed by atoms with Gasteiger partial charge in [0.05, 0.1) is 26.2 Å². The number of carbonyl (C=O) groups is 3. The van der Waals surface area contributed by atoms with E-state index in [1.165, 1.54) is 33.5 Å². The third-order valence-corrected chi connectivity index (χ3v) is 5.98. The molecule has 180 valence electrons. The number of aryl methyl sites for hydroxylation is 1. The van der Waals surface area contributed by atoms with E-state index in [0.717, 1.165) is 22.2 Å². The molecular formula is C24H25FN2O6S. The van der Waals surface area contributed by atoms with Crippen molar-refractivity contribution in [3.8, 4) is 17.2 Å². The lowest BCUT2D eigenvalue weighted by Crippen LogP contribution is -2.37. The molecule has 1 aliphatic heterocycles. The van der Waals surface area contributed by atoms with E-state index in [9.17, 15) is 18.8 Å². The Hall–Kier alpha value is -3.53. The van der Waals surface area contributed by atoms with Gasteiger partial charge >= 0.3 is 0 Å². The maximum Gasteiger partial charge on any atom is 0.293 e. The molecule has 0 atom stereocenters. The van der Waals surface area contributed by atoms with Crippen LogP contribution >= 0.6 is 11.8 Å². The summed E-state index contributed by atoms with van der Waals surface area (Å²) < 4.78 is 28.9. The molecule has 0 spiro atoms. The van der Waals surface area contributed by atoms with E-state index in [0.29, 0.717) is 29.2 Å². The summed E-state index contributed by atoms with van der Waals surface area (Å²) in [4.78, 5) is 38.5. The molecule has 1 fully saturated rings. The number of benzene rings is 2. The smallest absolute Gasteiger partial charge is 0.293 e. The van der Waals surface area contributed by atoms with E-state index in [1.54, 1.807) is 30.3 Å². The normalized spacial score (nSPS) is 14.5. The van der Waals surface area contributed by atoms with Crippen LogP contribution in [0.2, 0.25) is 0 Å². The van der Waals surface area contributed by atoms with Gasteiger partial charge in [-0.1, -0.05) is 12.1 Å². The summed E-state index contributed by atoms with van der Waals surface area (Å²) >= 11 is 0.823. The summed E-state index contributed by atoms with van der Waals surface area (Å²) in [5, 5.41) is 2.29. The van der Waals surface area contributed by atoms with Gasteiger partial charge in [-0.05, 0) is 59.7 Å². The first-order valence-corrected chi connectivity index (χ1v) is 11.2. The maximum absolute atomic E-state index is 13.0. The van der Waals surface area contributed by atoms with Crippen molar-refractivity contribution in [1.29, 1.82) is 0 Å². The van der Waals surface area contributed by atoms with E-state index < -0.39 is 11.1 Å². The summed E-state index contributed by atoms with van der Waals surface area (Å²) in [7, 11) is 4.47. The zero-order chi connectivity index (χ0) is 24.7. The first kappa shape index (κ1) is 25.1. The molecule has 0 saturated carbocycles. The van der Waals surface area contributed by atoms with E-state index >= 15 is 0 Å². The lowest BCUT2D eigenvalue weighted by Gasteiger charge is -2.13. The van der Waals surface area contributed by atoms with Crippen LogP contribution in [0.4, 0.5) is 9.18 Å². The number of carbonyl (C=O) groups excluding carboxylic acids is 3. The van der Waals surface area contributed by atoms with Crippen LogP contribution in [0.3, 0.4) is 0 Å². The highest BCUT2D eigenvalue weighted by atomic mass is 32.2. The molecule has 1 N–H and O–H groups in total. The van der Waals surface area contributed by atoms with Gasteiger partial charge in [-0.3, -0.25) is 19.3 Å². The average Bonchev–Trinajstić information content (AvgIpc) is 3.10. The SMILES string of the molecule is COc1cc(/C=C2\SC(=O)N(CCNC(=O)CCc3ccc(F)cc3)C2=O)cc(OC)c1OC. The molecule has 1 heterocycles. The summed E-state index contributed by atoms with van der Waals surface area (Å²) in [6.45, 7) is 0.192. The zero-order valence-corrected chi connectivity index (χ0v) is 19.9. The predicted octanol–water partition coefficient (Wildman–Crippen LogP) is 3.64. The highest BCUT2D eigenvalue weighted by molar-refractivity contribution is 8.18. The topological polar surface area (TPSA) is 94.2 Å². The maximum atomic E-state index is 13.0. The number of hydrogen-bond donors (Lipinski definition) is 1. The van der Waals surface area contributed by atoms with Crippen LogP contribution in [0.15, 0.2) is 41.3 Å². The fraction of sp³-hybridized carbons (Fsp3) is 0.292. The van der Waals surface area contributed by atoms with E-state index in [2.05, 4.69) is 5.32 Å². The molecule has 0 aromatic heterocycles. The number of nitrogens with one attached hydrogen (secondary N) is 1. The Kier molecular flexibility index (Phi) is 8.53. The summed E-state index contributed by atoms with van der Waals surface area (Å²) in [6.07, 6.45) is 2.26. The highest BCUT2D eigenvalue weighted by Crippen LogP contribution is 2.40. The summed E-state index contributed by atoms with van der Waals surface area (Å²) in [5.74, 6) is 0.287. The fourth-order valence-electron chi connectivity index (χ4n) is 3.33. The lowest BCUT2D eigenvalue weighted by molar-refractivity contribution is -0.124. The molecule has 2 aromatic carbocycles. The van der Waals surface area contributed by atoms with Crippen molar-refractivity contribution in [2.24, 2.45) is 0 Å². The van der Waals surface area contributed by atoms with E-state index in [4.69, 9.17) is 14.2 Å². The molecule has 2 aromatic rings. The summed E-state index contributed by atoms with van der Waals surface area (Å²) in [5.41, 5.74) is 1.45. The van der Waals surface area contributed by atoms with Crippen LogP contribution in [0.1, 0.15) is 17.5 Å². The van der Waals surface area contributed by atoms with Crippen molar-refractivity contribution < 1.29 is 33.0 Å². The Bertz CT molecular complexity index is 1080. The molecule has 8 nitrogen and oxygen atoms in total. The van der Waals surface area contributed by atoms with Crippen LogP contribution in [0.5, 0.6) is 17.2 Å². The average molecular weight is 489 g/mol. The van der Waals surface area contributed by atoms with Crippen LogP contribution < -0.4 is 19.5 Å². The number of amides is 3. The Morgan fingerprint density at radius 3 is 2.29 bits per heavy atom. The van der Waals surface area contributed by atoms with Gasteiger partial charge in [0.1, 0.15) is 5.82 Å². The molecule has 0 radical (unpaired) electrons. The summed E-state index contributed by atoms with van der Waals surface area (Å²) in [6, 6.07) is 9.30. The van der Waals surface area contributed by atoms with Crippen LogP contribution in [0, 0.1) is 5.82 Å².